The number of methoxy groups -OCH3 is 2. The standard InChI is InChI=1S/C19H20O2S/c1-20-15-10-11-17(19(12-15)21-2)18(14-8-9-14)13-22-16-6-4-3-5-7-16/h3-7,10-14H,8-9H2,1-2H3/b18-13-. The maximum atomic E-state index is 5.57. The van der Waals surface area contributed by atoms with Gasteiger partial charge in [0.2, 0.25) is 0 Å². The van der Waals surface area contributed by atoms with Crippen molar-refractivity contribution in [2.24, 2.45) is 5.92 Å². The second-order valence-electron chi connectivity index (χ2n) is 5.34. The van der Waals surface area contributed by atoms with Crippen LogP contribution in [-0.4, -0.2) is 14.2 Å². The van der Waals surface area contributed by atoms with E-state index in [2.05, 4.69) is 35.7 Å². The Kier molecular flexibility index (Phi) is 4.74. The van der Waals surface area contributed by atoms with Gasteiger partial charge in [-0.1, -0.05) is 30.0 Å². The second-order valence-corrected chi connectivity index (χ2v) is 6.29. The van der Waals surface area contributed by atoms with Crippen molar-refractivity contribution in [1.82, 2.24) is 0 Å². The van der Waals surface area contributed by atoms with Crippen molar-refractivity contribution in [3.05, 3.63) is 59.5 Å². The Balaban J connectivity index is 1.91. The molecule has 2 aromatic rings. The largest absolute Gasteiger partial charge is 0.497 e. The van der Waals surface area contributed by atoms with Gasteiger partial charge in [0.05, 0.1) is 14.2 Å². The monoisotopic (exact) mass is 312 g/mol. The van der Waals surface area contributed by atoms with Crippen LogP contribution in [0.1, 0.15) is 18.4 Å². The minimum absolute atomic E-state index is 0.651. The highest BCUT2D eigenvalue weighted by molar-refractivity contribution is 8.02. The van der Waals surface area contributed by atoms with Gasteiger partial charge in [0.1, 0.15) is 11.5 Å². The van der Waals surface area contributed by atoms with Crippen LogP contribution in [0.5, 0.6) is 11.5 Å². The van der Waals surface area contributed by atoms with Crippen LogP contribution < -0.4 is 9.47 Å². The molecule has 1 aliphatic carbocycles. The SMILES string of the molecule is COc1ccc(/C(=C\Sc2ccccc2)C2CC2)c(OC)c1. The van der Waals surface area contributed by atoms with E-state index in [0.29, 0.717) is 5.92 Å². The Hall–Kier alpha value is -1.87. The van der Waals surface area contributed by atoms with Crippen LogP contribution in [-0.2, 0) is 0 Å². The fourth-order valence-electron chi connectivity index (χ4n) is 2.44. The number of hydrogen-bond acceptors (Lipinski definition) is 3. The zero-order valence-electron chi connectivity index (χ0n) is 12.9. The summed E-state index contributed by atoms with van der Waals surface area (Å²) in [6.45, 7) is 0. The fourth-order valence-corrected chi connectivity index (χ4v) is 3.34. The van der Waals surface area contributed by atoms with Gasteiger partial charge in [-0.25, -0.2) is 0 Å². The molecule has 114 valence electrons. The Morgan fingerprint density at radius 3 is 2.45 bits per heavy atom. The van der Waals surface area contributed by atoms with Crippen LogP contribution in [0, 0.1) is 5.92 Å². The topological polar surface area (TPSA) is 18.5 Å². The van der Waals surface area contributed by atoms with Crippen LogP contribution in [0.15, 0.2) is 58.8 Å². The van der Waals surface area contributed by atoms with Crippen molar-refractivity contribution < 1.29 is 9.47 Å². The predicted octanol–water partition coefficient (Wildman–Crippen LogP) is 5.25. The summed E-state index contributed by atoms with van der Waals surface area (Å²) >= 11 is 1.77. The third kappa shape index (κ3) is 3.47. The van der Waals surface area contributed by atoms with Gasteiger partial charge in [0, 0.05) is 16.5 Å². The molecule has 3 rings (SSSR count). The molecule has 0 saturated heterocycles. The van der Waals surface area contributed by atoms with E-state index in [1.807, 2.05) is 18.2 Å². The molecule has 0 radical (unpaired) electrons. The van der Waals surface area contributed by atoms with Gasteiger partial charge in [-0.3, -0.25) is 0 Å². The normalized spacial score (nSPS) is 14.7. The van der Waals surface area contributed by atoms with Gasteiger partial charge in [0.25, 0.3) is 0 Å². The summed E-state index contributed by atoms with van der Waals surface area (Å²) in [6, 6.07) is 16.5. The summed E-state index contributed by atoms with van der Waals surface area (Å²) in [4.78, 5) is 1.26. The maximum Gasteiger partial charge on any atom is 0.130 e. The smallest absolute Gasteiger partial charge is 0.130 e. The quantitative estimate of drug-likeness (QED) is 0.679. The number of benzene rings is 2. The average Bonchev–Trinajstić information content (AvgIpc) is 3.41. The molecule has 22 heavy (non-hydrogen) atoms. The first-order valence-corrected chi connectivity index (χ1v) is 8.34. The Morgan fingerprint density at radius 1 is 1.05 bits per heavy atom. The van der Waals surface area contributed by atoms with Gasteiger partial charge in [-0.05, 0) is 54.0 Å². The fraction of sp³-hybridized carbons (Fsp3) is 0.263. The van der Waals surface area contributed by atoms with Crippen LogP contribution >= 0.6 is 11.8 Å². The third-order valence-corrected chi connectivity index (χ3v) is 4.72. The number of rotatable bonds is 6. The van der Waals surface area contributed by atoms with E-state index >= 15 is 0 Å². The van der Waals surface area contributed by atoms with Gasteiger partial charge in [-0.2, -0.15) is 0 Å². The second kappa shape index (κ2) is 6.93. The number of hydrogen-bond donors (Lipinski definition) is 0. The van der Waals surface area contributed by atoms with Crippen molar-refractivity contribution in [3.8, 4) is 11.5 Å². The minimum Gasteiger partial charge on any atom is -0.497 e. The van der Waals surface area contributed by atoms with Gasteiger partial charge < -0.3 is 9.47 Å². The lowest BCUT2D eigenvalue weighted by atomic mass is 10.0. The number of thioether (sulfide) groups is 1. The van der Waals surface area contributed by atoms with Crippen LogP contribution in [0.2, 0.25) is 0 Å². The minimum atomic E-state index is 0.651. The van der Waals surface area contributed by atoms with Crippen molar-refractivity contribution in [1.29, 1.82) is 0 Å². The lowest BCUT2D eigenvalue weighted by molar-refractivity contribution is 0.393. The highest BCUT2D eigenvalue weighted by atomic mass is 32.2. The van der Waals surface area contributed by atoms with E-state index in [-0.39, 0.29) is 0 Å². The molecule has 0 amide bonds. The van der Waals surface area contributed by atoms with Gasteiger partial charge in [0.15, 0.2) is 0 Å². The molecule has 0 bridgehead atoms. The molecule has 1 fully saturated rings. The first kappa shape index (κ1) is 15.0. The zero-order valence-corrected chi connectivity index (χ0v) is 13.7. The highest BCUT2D eigenvalue weighted by Gasteiger charge is 2.28. The molecular weight excluding hydrogens is 292 g/mol. The summed E-state index contributed by atoms with van der Waals surface area (Å²) in [5.41, 5.74) is 2.54. The van der Waals surface area contributed by atoms with E-state index in [1.54, 1.807) is 26.0 Å². The molecule has 0 aliphatic heterocycles. The van der Waals surface area contributed by atoms with Crippen molar-refractivity contribution >= 4 is 17.3 Å². The Morgan fingerprint density at radius 2 is 1.82 bits per heavy atom. The molecule has 0 N–H and O–H groups in total. The number of allylic oxidation sites excluding steroid dienone is 1. The van der Waals surface area contributed by atoms with E-state index in [0.717, 1.165) is 11.5 Å². The maximum absolute atomic E-state index is 5.57. The van der Waals surface area contributed by atoms with E-state index in [1.165, 1.54) is 28.9 Å². The molecule has 1 aliphatic rings. The molecule has 0 unspecified atom stereocenters. The Bertz CT molecular complexity index is 660. The van der Waals surface area contributed by atoms with E-state index in [4.69, 9.17) is 9.47 Å². The summed E-state index contributed by atoms with van der Waals surface area (Å²) in [5.74, 6) is 2.36. The zero-order chi connectivity index (χ0) is 15.4. The molecule has 1 saturated carbocycles. The molecular formula is C19H20O2S. The van der Waals surface area contributed by atoms with E-state index < -0.39 is 0 Å². The molecule has 0 spiro atoms. The van der Waals surface area contributed by atoms with E-state index in [9.17, 15) is 0 Å². The van der Waals surface area contributed by atoms with Crippen LogP contribution in [0.25, 0.3) is 5.57 Å². The summed E-state index contributed by atoms with van der Waals surface area (Å²) in [6.07, 6.45) is 2.52. The first-order chi connectivity index (χ1) is 10.8. The molecule has 3 heteroatoms. The van der Waals surface area contributed by atoms with Gasteiger partial charge in [-0.15, -0.1) is 0 Å². The molecule has 2 nitrogen and oxygen atoms in total. The highest BCUT2D eigenvalue weighted by Crippen LogP contribution is 2.46. The number of ether oxygens (including phenoxy) is 2. The molecule has 0 atom stereocenters. The third-order valence-electron chi connectivity index (χ3n) is 3.80. The van der Waals surface area contributed by atoms with Crippen LogP contribution in [0.4, 0.5) is 0 Å². The molecule has 0 heterocycles. The molecule has 2 aromatic carbocycles. The predicted molar refractivity (Wildman–Crippen MR) is 92.5 cm³/mol. The van der Waals surface area contributed by atoms with Crippen LogP contribution in [0.3, 0.4) is 0 Å². The molecule has 0 aromatic heterocycles. The summed E-state index contributed by atoms with van der Waals surface area (Å²) < 4.78 is 10.9. The van der Waals surface area contributed by atoms with Crippen molar-refractivity contribution in [2.45, 2.75) is 17.7 Å². The van der Waals surface area contributed by atoms with Crippen molar-refractivity contribution in [3.63, 3.8) is 0 Å². The lowest BCUT2D eigenvalue weighted by Crippen LogP contribution is -1.94. The lowest BCUT2D eigenvalue weighted by Gasteiger charge is -2.13. The summed E-state index contributed by atoms with van der Waals surface area (Å²) in [7, 11) is 3.39. The Labute approximate surface area is 136 Å². The first-order valence-electron chi connectivity index (χ1n) is 7.46. The average molecular weight is 312 g/mol. The van der Waals surface area contributed by atoms with Gasteiger partial charge >= 0.3 is 0 Å². The summed E-state index contributed by atoms with van der Waals surface area (Å²) in [5, 5.41) is 2.28. The van der Waals surface area contributed by atoms with Crippen molar-refractivity contribution in [2.75, 3.05) is 14.2 Å².